The zero-order chi connectivity index (χ0) is 12.8. The van der Waals surface area contributed by atoms with Crippen LogP contribution in [0.4, 0.5) is 0 Å². The topological polar surface area (TPSA) is 61.4 Å². The molecule has 1 heterocycles. The first-order chi connectivity index (χ1) is 8.00. The molecule has 2 N–H and O–H groups in total. The Balaban J connectivity index is 0.00000289. The zero-order valence-electron chi connectivity index (χ0n) is 11.4. The predicted octanol–water partition coefficient (Wildman–Crippen LogP) is 0.533. The lowest BCUT2D eigenvalue weighted by atomic mass is 10.0. The highest BCUT2D eigenvalue weighted by molar-refractivity contribution is 5.87. The molecule has 0 aromatic heterocycles. The Morgan fingerprint density at radius 3 is 2.56 bits per heavy atom. The summed E-state index contributed by atoms with van der Waals surface area (Å²) in [5, 5.41) is 5.97. The average Bonchev–Trinajstić information content (AvgIpc) is 2.28. The molecule has 1 atom stereocenters. The van der Waals surface area contributed by atoms with Gasteiger partial charge in [-0.15, -0.1) is 12.4 Å². The van der Waals surface area contributed by atoms with Crippen LogP contribution in [0.25, 0.3) is 0 Å². The van der Waals surface area contributed by atoms with E-state index in [1.807, 2.05) is 13.8 Å². The molecule has 1 rings (SSSR count). The van der Waals surface area contributed by atoms with Gasteiger partial charge in [-0.3, -0.25) is 9.59 Å². The van der Waals surface area contributed by atoms with Crippen LogP contribution in [0.5, 0.6) is 0 Å². The van der Waals surface area contributed by atoms with Crippen molar-refractivity contribution in [3.8, 4) is 0 Å². The van der Waals surface area contributed by atoms with Gasteiger partial charge in [-0.2, -0.15) is 0 Å². The zero-order valence-corrected chi connectivity index (χ0v) is 12.2. The second kappa shape index (κ2) is 8.32. The summed E-state index contributed by atoms with van der Waals surface area (Å²) in [5.74, 6) is -0.0877. The van der Waals surface area contributed by atoms with E-state index in [1.54, 1.807) is 7.05 Å². The van der Waals surface area contributed by atoms with Crippen LogP contribution in [0.1, 0.15) is 33.1 Å². The molecule has 0 radical (unpaired) electrons. The normalized spacial score (nSPS) is 19.0. The van der Waals surface area contributed by atoms with Crippen molar-refractivity contribution in [2.75, 3.05) is 20.1 Å². The van der Waals surface area contributed by atoms with Crippen LogP contribution < -0.4 is 10.6 Å². The Bertz CT molecular complexity index is 278. The fourth-order valence-corrected chi connectivity index (χ4v) is 1.99. The van der Waals surface area contributed by atoms with Crippen LogP contribution in [-0.4, -0.2) is 48.9 Å². The summed E-state index contributed by atoms with van der Waals surface area (Å²) in [6.07, 6.45) is 3.08. The Morgan fingerprint density at radius 1 is 1.39 bits per heavy atom. The summed E-state index contributed by atoms with van der Waals surface area (Å²) in [4.78, 5) is 25.0. The standard InChI is InChI=1S/C12H23N3O2.ClH/c1-9(2)14-11(16)8-15(3)12(17)10-6-4-5-7-13-10;/h9-10,13H,4-8H2,1-3H3,(H,14,16);1H/t10-;/m1./s1. The van der Waals surface area contributed by atoms with Crippen molar-refractivity contribution < 1.29 is 9.59 Å². The molecule has 1 aliphatic rings. The first kappa shape index (κ1) is 17.2. The largest absolute Gasteiger partial charge is 0.352 e. The number of hydrogen-bond donors (Lipinski definition) is 2. The Morgan fingerprint density at radius 2 is 2.06 bits per heavy atom. The summed E-state index contributed by atoms with van der Waals surface area (Å²) in [5.41, 5.74) is 0. The molecule has 0 unspecified atom stereocenters. The third-order valence-electron chi connectivity index (χ3n) is 2.82. The highest BCUT2D eigenvalue weighted by atomic mass is 35.5. The van der Waals surface area contributed by atoms with E-state index in [0.29, 0.717) is 0 Å². The predicted molar refractivity (Wildman–Crippen MR) is 73.8 cm³/mol. The number of likely N-dealkylation sites (N-methyl/N-ethyl adjacent to an activating group) is 1. The van der Waals surface area contributed by atoms with Gasteiger partial charge in [0.1, 0.15) is 0 Å². The number of amides is 2. The highest BCUT2D eigenvalue weighted by Gasteiger charge is 2.24. The van der Waals surface area contributed by atoms with Gasteiger partial charge in [0.2, 0.25) is 11.8 Å². The van der Waals surface area contributed by atoms with Crippen molar-refractivity contribution in [1.82, 2.24) is 15.5 Å². The van der Waals surface area contributed by atoms with Crippen molar-refractivity contribution >= 4 is 24.2 Å². The van der Waals surface area contributed by atoms with Crippen LogP contribution in [0.15, 0.2) is 0 Å². The molecule has 5 nitrogen and oxygen atoms in total. The van der Waals surface area contributed by atoms with E-state index in [1.165, 1.54) is 4.90 Å². The van der Waals surface area contributed by atoms with E-state index in [-0.39, 0.29) is 42.8 Å². The Kier molecular flexibility index (Phi) is 7.95. The summed E-state index contributed by atoms with van der Waals surface area (Å²) in [6, 6.07) is -0.000549. The smallest absolute Gasteiger partial charge is 0.239 e. The van der Waals surface area contributed by atoms with Gasteiger partial charge in [0, 0.05) is 13.1 Å². The summed E-state index contributed by atoms with van der Waals surface area (Å²) < 4.78 is 0. The van der Waals surface area contributed by atoms with Gasteiger partial charge >= 0.3 is 0 Å². The number of carbonyl (C=O) groups is 2. The molecule has 1 fully saturated rings. The molecule has 1 saturated heterocycles. The van der Waals surface area contributed by atoms with Crippen LogP contribution in [0.3, 0.4) is 0 Å². The highest BCUT2D eigenvalue weighted by Crippen LogP contribution is 2.08. The lowest BCUT2D eigenvalue weighted by Gasteiger charge is -2.27. The molecular formula is C12H24ClN3O2. The van der Waals surface area contributed by atoms with Gasteiger partial charge in [-0.05, 0) is 33.2 Å². The quantitative estimate of drug-likeness (QED) is 0.788. The lowest BCUT2D eigenvalue weighted by Crippen LogP contribution is -2.50. The van der Waals surface area contributed by atoms with Gasteiger partial charge in [-0.1, -0.05) is 6.42 Å². The third-order valence-corrected chi connectivity index (χ3v) is 2.82. The summed E-state index contributed by atoms with van der Waals surface area (Å²) in [7, 11) is 1.68. The molecule has 0 aromatic rings. The number of nitrogens with one attached hydrogen (secondary N) is 2. The first-order valence-electron chi connectivity index (χ1n) is 6.28. The van der Waals surface area contributed by atoms with Crippen molar-refractivity contribution in [1.29, 1.82) is 0 Å². The molecule has 0 bridgehead atoms. The summed E-state index contributed by atoms with van der Waals surface area (Å²) >= 11 is 0. The van der Waals surface area contributed by atoms with Gasteiger partial charge in [-0.25, -0.2) is 0 Å². The van der Waals surface area contributed by atoms with Crippen LogP contribution >= 0.6 is 12.4 Å². The number of nitrogens with zero attached hydrogens (tertiary/aromatic N) is 1. The van der Waals surface area contributed by atoms with Crippen LogP contribution in [-0.2, 0) is 9.59 Å². The van der Waals surface area contributed by atoms with Gasteiger partial charge in [0.15, 0.2) is 0 Å². The number of piperidine rings is 1. The van der Waals surface area contributed by atoms with E-state index in [9.17, 15) is 9.59 Å². The molecule has 1 aliphatic heterocycles. The van der Waals surface area contributed by atoms with Gasteiger partial charge in [0.05, 0.1) is 12.6 Å². The monoisotopic (exact) mass is 277 g/mol. The molecule has 6 heteroatoms. The van der Waals surface area contributed by atoms with Crippen molar-refractivity contribution in [2.24, 2.45) is 0 Å². The van der Waals surface area contributed by atoms with Crippen LogP contribution in [0, 0.1) is 0 Å². The molecule has 18 heavy (non-hydrogen) atoms. The number of halogens is 1. The van der Waals surface area contributed by atoms with E-state index < -0.39 is 0 Å². The average molecular weight is 278 g/mol. The fraction of sp³-hybridized carbons (Fsp3) is 0.833. The van der Waals surface area contributed by atoms with Crippen molar-refractivity contribution in [3.63, 3.8) is 0 Å². The third kappa shape index (κ3) is 5.69. The SMILES string of the molecule is CC(C)NC(=O)CN(C)C(=O)[C@H]1CCCCN1.Cl. The maximum atomic E-state index is 12.0. The van der Waals surface area contributed by atoms with E-state index in [4.69, 9.17) is 0 Å². The minimum Gasteiger partial charge on any atom is -0.352 e. The maximum Gasteiger partial charge on any atom is 0.239 e. The Hall–Kier alpha value is -0.810. The summed E-state index contributed by atoms with van der Waals surface area (Å²) in [6.45, 7) is 4.84. The van der Waals surface area contributed by atoms with E-state index in [0.717, 1.165) is 25.8 Å². The molecule has 106 valence electrons. The molecule has 0 aromatic carbocycles. The van der Waals surface area contributed by atoms with Crippen LogP contribution in [0.2, 0.25) is 0 Å². The van der Waals surface area contributed by atoms with Gasteiger partial charge in [0.25, 0.3) is 0 Å². The van der Waals surface area contributed by atoms with Gasteiger partial charge < -0.3 is 15.5 Å². The number of hydrogen-bond acceptors (Lipinski definition) is 3. The first-order valence-corrected chi connectivity index (χ1v) is 6.28. The second-order valence-electron chi connectivity index (χ2n) is 4.92. The second-order valence-corrected chi connectivity index (χ2v) is 4.92. The molecule has 0 spiro atoms. The molecule has 2 amide bonds. The number of carbonyl (C=O) groups excluding carboxylic acids is 2. The number of rotatable bonds is 4. The molecule has 0 saturated carbocycles. The fourth-order valence-electron chi connectivity index (χ4n) is 1.99. The maximum absolute atomic E-state index is 12.0. The van der Waals surface area contributed by atoms with Crippen molar-refractivity contribution in [2.45, 2.75) is 45.2 Å². The van der Waals surface area contributed by atoms with E-state index >= 15 is 0 Å². The molecular weight excluding hydrogens is 254 g/mol. The molecule has 0 aliphatic carbocycles. The Labute approximate surface area is 115 Å². The minimum absolute atomic E-state index is 0. The van der Waals surface area contributed by atoms with E-state index in [2.05, 4.69) is 10.6 Å². The van der Waals surface area contributed by atoms with Crippen molar-refractivity contribution in [3.05, 3.63) is 0 Å². The lowest BCUT2D eigenvalue weighted by molar-refractivity contribution is -0.137. The minimum atomic E-state index is -0.111.